The van der Waals surface area contributed by atoms with Crippen molar-refractivity contribution in [2.24, 2.45) is 5.92 Å². The molecule has 138 valence electrons. The van der Waals surface area contributed by atoms with E-state index in [2.05, 4.69) is 24.5 Å². The van der Waals surface area contributed by atoms with Crippen LogP contribution in [0.25, 0.3) is 0 Å². The van der Waals surface area contributed by atoms with E-state index in [1.165, 1.54) is 0 Å². The van der Waals surface area contributed by atoms with Gasteiger partial charge in [-0.1, -0.05) is 13.8 Å². The second-order valence-corrected chi connectivity index (χ2v) is 6.79. The number of amides is 3. The first kappa shape index (κ1) is 19.2. The summed E-state index contributed by atoms with van der Waals surface area (Å²) in [6.07, 6.45) is 2.20. The summed E-state index contributed by atoms with van der Waals surface area (Å²) >= 11 is 0. The number of hydrogen-bond acceptors (Lipinski definition) is 3. The number of nitrogens with zero attached hydrogens (tertiary/aromatic N) is 1. The third-order valence-corrected chi connectivity index (χ3v) is 4.19. The summed E-state index contributed by atoms with van der Waals surface area (Å²) in [6, 6.07) is 6.81. The molecule has 2 rings (SSSR count). The number of hydrogen-bond donors (Lipinski definition) is 2. The predicted octanol–water partition coefficient (Wildman–Crippen LogP) is 3.11. The molecule has 0 bridgehead atoms. The summed E-state index contributed by atoms with van der Waals surface area (Å²) in [5.41, 5.74) is 1.27. The van der Waals surface area contributed by atoms with E-state index in [4.69, 9.17) is 4.74 Å². The monoisotopic (exact) mass is 347 g/mol. The maximum absolute atomic E-state index is 12.4. The molecule has 0 aromatic heterocycles. The van der Waals surface area contributed by atoms with Crippen LogP contribution in [0.15, 0.2) is 24.3 Å². The highest BCUT2D eigenvalue weighted by Crippen LogP contribution is 2.15. The quantitative estimate of drug-likeness (QED) is 0.796. The van der Waals surface area contributed by atoms with Crippen molar-refractivity contribution < 1.29 is 14.3 Å². The first-order valence-electron chi connectivity index (χ1n) is 9.05. The van der Waals surface area contributed by atoms with E-state index < -0.39 is 0 Å². The van der Waals surface area contributed by atoms with Crippen LogP contribution in [0.2, 0.25) is 0 Å². The third kappa shape index (κ3) is 6.05. The maximum Gasteiger partial charge on any atom is 0.321 e. The van der Waals surface area contributed by atoms with Gasteiger partial charge in [0.25, 0.3) is 5.91 Å². The van der Waals surface area contributed by atoms with Crippen molar-refractivity contribution in [2.75, 3.05) is 31.6 Å². The van der Waals surface area contributed by atoms with Crippen LogP contribution in [0, 0.1) is 5.92 Å². The smallest absolute Gasteiger partial charge is 0.321 e. The molecule has 0 aliphatic carbocycles. The molecule has 1 aliphatic heterocycles. The molecule has 25 heavy (non-hydrogen) atoms. The van der Waals surface area contributed by atoms with Gasteiger partial charge in [-0.25, -0.2) is 4.79 Å². The van der Waals surface area contributed by atoms with Crippen LogP contribution in [0.4, 0.5) is 10.5 Å². The number of urea groups is 1. The van der Waals surface area contributed by atoms with Crippen LogP contribution in [0.1, 0.15) is 44.0 Å². The third-order valence-electron chi connectivity index (χ3n) is 4.19. The molecule has 2 N–H and O–H groups in total. The summed E-state index contributed by atoms with van der Waals surface area (Å²) < 4.78 is 5.60. The number of ether oxygens (including phenoxy) is 1. The Kier molecular flexibility index (Phi) is 7.25. The fourth-order valence-corrected chi connectivity index (χ4v) is 2.70. The van der Waals surface area contributed by atoms with Gasteiger partial charge in [0.05, 0.1) is 6.10 Å². The first-order valence-corrected chi connectivity index (χ1v) is 9.05. The molecule has 1 saturated heterocycles. The van der Waals surface area contributed by atoms with E-state index in [0.29, 0.717) is 36.8 Å². The van der Waals surface area contributed by atoms with Gasteiger partial charge in [-0.2, -0.15) is 0 Å². The minimum Gasteiger partial charge on any atom is -0.376 e. The lowest BCUT2D eigenvalue weighted by molar-refractivity contribution is 0.0849. The SMILES string of the molecule is CCN(C[C@H]1CCCO1)C(=O)Nc1ccc(C(=O)NCC(C)C)cc1. The Labute approximate surface area is 149 Å². The van der Waals surface area contributed by atoms with E-state index in [1.54, 1.807) is 29.2 Å². The van der Waals surface area contributed by atoms with Crippen molar-refractivity contribution in [3.05, 3.63) is 29.8 Å². The second-order valence-electron chi connectivity index (χ2n) is 6.79. The van der Waals surface area contributed by atoms with E-state index >= 15 is 0 Å². The number of rotatable bonds is 7. The topological polar surface area (TPSA) is 70.7 Å². The van der Waals surface area contributed by atoms with E-state index in [9.17, 15) is 9.59 Å². The average molecular weight is 347 g/mol. The fourth-order valence-electron chi connectivity index (χ4n) is 2.70. The zero-order chi connectivity index (χ0) is 18.2. The van der Waals surface area contributed by atoms with Gasteiger partial charge >= 0.3 is 6.03 Å². The van der Waals surface area contributed by atoms with Crippen LogP contribution in [-0.4, -0.2) is 49.2 Å². The maximum atomic E-state index is 12.4. The molecular formula is C19H29N3O3. The Morgan fingerprint density at radius 1 is 1.28 bits per heavy atom. The Hall–Kier alpha value is -2.08. The summed E-state index contributed by atoms with van der Waals surface area (Å²) in [5, 5.41) is 5.76. The lowest BCUT2D eigenvalue weighted by Crippen LogP contribution is -2.39. The van der Waals surface area contributed by atoms with Crippen molar-refractivity contribution in [1.82, 2.24) is 10.2 Å². The minimum absolute atomic E-state index is 0.0971. The van der Waals surface area contributed by atoms with E-state index in [0.717, 1.165) is 19.4 Å². The van der Waals surface area contributed by atoms with E-state index in [-0.39, 0.29) is 18.0 Å². The highest BCUT2D eigenvalue weighted by atomic mass is 16.5. The van der Waals surface area contributed by atoms with Crippen molar-refractivity contribution in [1.29, 1.82) is 0 Å². The van der Waals surface area contributed by atoms with Gasteiger partial charge in [-0.3, -0.25) is 4.79 Å². The zero-order valence-corrected chi connectivity index (χ0v) is 15.4. The Morgan fingerprint density at radius 3 is 2.56 bits per heavy atom. The molecule has 0 unspecified atom stereocenters. The van der Waals surface area contributed by atoms with Crippen LogP contribution < -0.4 is 10.6 Å². The van der Waals surface area contributed by atoms with E-state index in [1.807, 2.05) is 6.92 Å². The number of likely N-dealkylation sites (N-methyl/N-ethyl adjacent to an activating group) is 1. The summed E-state index contributed by atoms with van der Waals surface area (Å²) in [5.74, 6) is 0.312. The van der Waals surface area contributed by atoms with Crippen LogP contribution in [-0.2, 0) is 4.74 Å². The van der Waals surface area contributed by atoms with Gasteiger partial charge in [-0.15, -0.1) is 0 Å². The molecule has 1 atom stereocenters. The summed E-state index contributed by atoms with van der Waals surface area (Å²) in [7, 11) is 0. The summed E-state index contributed by atoms with van der Waals surface area (Å²) in [6.45, 7) is 8.72. The van der Waals surface area contributed by atoms with Crippen LogP contribution >= 0.6 is 0 Å². The molecule has 0 saturated carbocycles. The number of carbonyl (C=O) groups excluding carboxylic acids is 2. The number of carbonyl (C=O) groups is 2. The van der Waals surface area contributed by atoms with Gasteiger partial charge < -0.3 is 20.3 Å². The van der Waals surface area contributed by atoms with Gasteiger partial charge in [-0.05, 0) is 49.9 Å². The molecule has 3 amide bonds. The number of anilines is 1. The highest BCUT2D eigenvalue weighted by molar-refractivity contribution is 5.95. The average Bonchev–Trinajstić information content (AvgIpc) is 3.11. The molecule has 1 fully saturated rings. The zero-order valence-electron chi connectivity index (χ0n) is 15.4. The van der Waals surface area contributed by atoms with Crippen LogP contribution in [0.3, 0.4) is 0 Å². The van der Waals surface area contributed by atoms with Crippen molar-refractivity contribution in [3.8, 4) is 0 Å². The Bertz CT molecular complexity index is 566. The van der Waals surface area contributed by atoms with Gasteiger partial charge in [0.1, 0.15) is 0 Å². The van der Waals surface area contributed by atoms with Crippen LogP contribution in [0.5, 0.6) is 0 Å². The molecule has 6 nitrogen and oxygen atoms in total. The summed E-state index contributed by atoms with van der Waals surface area (Å²) in [4.78, 5) is 26.2. The van der Waals surface area contributed by atoms with Gasteiger partial charge in [0.15, 0.2) is 0 Å². The van der Waals surface area contributed by atoms with Gasteiger partial charge in [0, 0.05) is 37.5 Å². The normalized spacial score (nSPS) is 16.7. The molecule has 1 heterocycles. The minimum atomic E-state index is -0.144. The van der Waals surface area contributed by atoms with Gasteiger partial charge in [0.2, 0.25) is 0 Å². The largest absolute Gasteiger partial charge is 0.376 e. The molecule has 6 heteroatoms. The molecule has 1 aromatic carbocycles. The molecule has 1 aliphatic rings. The molecule has 1 aromatic rings. The number of benzene rings is 1. The lowest BCUT2D eigenvalue weighted by atomic mass is 10.1. The first-order chi connectivity index (χ1) is 12.0. The molecular weight excluding hydrogens is 318 g/mol. The standard InChI is InChI=1S/C19H29N3O3/c1-4-22(13-17-6-5-11-25-17)19(24)21-16-9-7-15(8-10-16)18(23)20-12-14(2)3/h7-10,14,17H,4-6,11-13H2,1-3H3,(H,20,23)(H,21,24)/t17-/m1/s1. The fraction of sp³-hybridized carbons (Fsp3) is 0.579. The molecule has 0 radical (unpaired) electrons. The van der Waals surface area contributed by atoms with Crippen molar-refractivity contribution in [3.63, 3.8) is 0 Å². The van der Waals surface area contributed by atoms with Crippen molar-refractivity contribution in [2.45, 2.75) is 39.7 Å². The Morgan fingerprint density at radius 2 is 2.00 bits per heavy atom. The highest BCUT2D eigenvalue weighted by Gasteiger charge is 2.21. The Balaban J connectivity index is 1.88. The number of nitrogens with one attached hydrogen (secondary N) is 2. The second kappa shape index (κ2) is 9.42. The lowest BCUT2D eigenvalue weighted by Gasteiger charge is -2.24. The molecule has 0 spiro atoms. The predicted molar refractivity (Wildman–Crippen MR) is 98.9 cm³/mol. The van der Waals surface area contributed by atoms with Crippen molar-refractivity contribution >= 4 is 17.6 Å².